The minimum Gasteiger partial charge on any atom is -0.484 e. The van der Waals surface area contributed by atoms with Crippen LogP contribution in [0, 0.1) is 5.92 Å². The van der Waals surface area contributed by atoms with E-state index in [0.717, 1.165) is 49.9 Å². The Bertz CT molecular complexity index is 850. The lowest BCUT2D eigenvalue weighted by molar-refractivity contribution is -0.141. The van der Waals surface area contributed by atoms with Gasteiger partial charge in [0, 0.05) is 32.1 Å². The highest BCUT2D eigenvalue weighted by Crippen LogP contribution is 2.24. The lowest BCUT2D eigenvalue weighted by Crippen LogP contribution is -2.45. The number of carbonyl (C=O) groups is 2. The molecule has 2 saturated heterocycles. The third-order valence-electron chi connectivity index (χ3n) is 6.44. The second-order valence-corrected chi connectivity index (χ2v) is 8.57. The minimum atomic E-state index is -0.00666. The van der Waals surface area contributed by atoms with E-state index < -0.39 is 0 Å². The van der Waals surface area contributed by atoms with Crippen LogP contribution in [0.5, 0.6) is 5.75 Å². The van der Waals surface area contributed by atoms with Gasteiger partial charge in [0.1, 0.15) is 5.75 Å². The van der Waals surface area contributed by atoms with Crippen LogP contribution in [0.25, 0.3) is 11.1 Å². The molecule has 0 radical (unpaired) electrons. The van der Waals surface area contributed by atoms with Gasteiger partial charge in [-0.2, -0.15) is 0 Å². The third-order valence-corrected chi connectivity index (χ3v) is 6.44. The summed E-state index contributed by atoms with van der Waals surface area (Å²) >= 11 is 0. The second kappa shape index (κ2) is 10.5. The van der Waals surface area contributed by atoms with Crippen molar-refractivity contribution in [1.29, 1.82) is 0 Å². The number of ether oxygens (including phenoxy) is 1. The number of piperidine rings is 1. The summed E-state index contributed by atoms with van der Waals surface area (Å²) in [5.74, 6) is 1.05. The summed E-state index contributed by atoms with van der Waals surface area (Å²) in [5, 5.41) is 0. The number of hydrogen-bond acceptors (Lipinski definition) is 3. The predicted molar refractivity (Wildman–Crippen MR) is 122 cm³/mol. The van der Waals surface area contributed by atoms with Crippen molar-refractivity contribution < 1.29 is 14.3 Å². The maximum atomic E-state index is 12.8. The first-order chi connectivity index (χ1) is 15.2. The average Bonchev–Trinajstić information content (AvgIpc) is 3.13. The molecule has 2 aromatic rings. The summed E-state index contributed by atoms with van der Waals surface area (Å²) in [7, 11) is 0. The predicted octanol–water partition coefficient (Wildman–Crippen LogP) is 4.37. The molecule has 2 heterocycles. The van der Waals surface area contributed by atoms with Gasteiger partial charge in [0.05, 0.1) is 0 Å². The average molecular weight is 421 g/mol. The van der Waals surface area contributed by atoms with E-state index in [1.807, 2.05) is 47.4 Å². The van der Waals surface area contributed by atoms with Crippen molar-refractivity contribution in [2.75, 3.05) is 32.8 Å². The molecule has 5 heteroatoms. The van der Waals surface area contributed by atoms with Gasteiger partial charge in [-0.3, -0.25) is 9.59 Å². The Labute approximate surface area is 185 Å². The first-order valence-corrected chi connectivity index (χ1v) is 11.6. The minimum absolute atomic E-state index is 0.00666. The molecule has 0 aliphatic carbocycles. The van der Waals surface area contributed by atoms with Gasteiger partial charge < -0.3 is 14.5 Å². The molecule has 2 aliphatic heterocycles. The van der Waals surface area contributed by atoms with Gasteiger partial charge in [-0.1, -0.05) is 55.3 Å². The van der Waals surface area contributed by atoms with E-state index in [1.165, 1.54) is 12.8 Å². The molecule has 2 aliphatic rings. The smallest absolute Gasteiger partial charge is 0.260 e. The van der Waals surface area contributed by atoms with Gasteiger partial charge in [-0.25, -0.2) is 0 Å². The second-order valence-electron chi connectivity index (χ2n) is 8.57. The number of rotatable bonds is 5. The van der Waals surface area contributed by atoms with Gasteiger partial charge in [0.15, 0.2) is 6.61 Å². The number of nitrogens with zero attached hydrogens (tertiary/aromatic N) is 2. The molecule has 0 saturated carbocycles. The molecule has 0 N–H and O–H groups in total. The number of likely N-dealkylation sites (tertiary alicyclic amines) is 2. The van der Waals surface area contributed by atoms with Crippen molar-refractivity contribution in [1.82, 2.24) is 9.80 Å². The quantitative estimate of drug-likeness (QED) is 0.722. The van der Waals surface area contributed by atoms with Crippen LogP contribution >= 0.6 is 0 Å². The van der Waals surface area contributed by atoms with E-state index in [4.69, 9.17) is 4.74 Å². The molecule has 4 rings (SSSR count). The molecule has 31 heavy (non-hydrogen) atoms. The summed E-state index contributed by atoms with van der Waals surface area (Å²) in [5.41, 5.74) is 2.28. The molecule has 2 amide bonds. The number of hydrogen-bond donors (Lipinski definition) is 0. The van der Waals surface area contributed by atoms with Crippen molar-refractivity contribution in [3.05, 3.63) is 54.6 Å². The van der Waals surface area contributed by atoms with Gasteiger partial charge in [-0.05, 0) is 48.9 Å². The van der Waals surface area contributed by atoms with Crippen molar-refractivity contribution in [3.63, 3.8) is 0 Å². The molecule has 164 valence electrons. The highest BCUT2D eigenvalue weighted by Gasteiger charge is 2.30. The molecular weight excluding hydrogens is 388 g/mol. The van der Waals surface area contributed by atoms with Gasteiger partial charge >= 0.3 is 0 Å². The van der Waals surface area contributed by atoms with Crippen LogP contribution in [0.1, 0.15) is 38.5 Å². The van der Waals surface area contributed by atoms with Crippen LogP contribution in [-0.2, 0) is 9.59 Å². The molecule has 0 bridgehead atoms. The molecule has 0 atom stereocenters. The lowest BCUT2D eigenvalue weighted by Gasteiger charge is -2.34. The van der Waals surface area contributed by atoms with Crippen LogP contribution in [0.2, 0.25) is 0 Å². The van der Waals surface area contributed by atoms with Gasteiger partial charge in [0.2, 0.25) is 5.91 Å². The van der Waals surface area contributed by atoms with E-state index in [0.29, 0.717) is 24.7 Å². The number of carbonyl (C=O) groups excluding carboxylic acids is 2. The monoisotopic (exact) mass is 420 g/mol. The fourth-order valence-electron chi connectivity index (χ4n) is 4.54. The molecule has 0 spiro atoms. The molecule has 2 fully saturated rings. The van der Waals surface area contributed by atoms with E-state index >= 15 is 0 Å². The summed E-state index contributed by atoms with van der Waals surface area (Å²) in [4.78, 5) is 29.3. The highest BCUT2D eigenvalue weighted by molar-refractivity contribution is 5.80. The zero-order valence-electron chi connectivity index (χ0n) is 18.2. The lowest BCUT2D eigenvalue weighted by atomic mass is 9.95. The van der Waals surface area contributed by atoms with Crippen molar-refractivity contribution in [2.45, 2.75) is 38.5 Å². The van der Waals surface area contributed by atoms with Crippen LogP contribution in [-0.4, -0.2) is 54.4 Å². The van der Waals surface area contributed by atoms with Crippen molar-refractivity contribution >= 4 is 11.8 Å². The summed E-state index contributed by atoms with van der Waals surface area (Å²) in [6.45, 7) is 3.11. The Kier molecular flexibility index (Phi) is 7.23. The van der Waals surface area contributed by atoms with Crippen molar-refractivity contribution in [2.24, 2.45) is 5.92 Å². The summed E-state index contributed by atoms with van der Waals surface area (Å²) < 4.78 is 5.73. The largest absolute Gasteiger partial charge is 0.484 e. The number of benzene rings is 2. The van der Waals surface area contributed by atoms with E-state index in [1.54, 1.807) is 0 Å². The summed E-state index contributed by atoms with van der Waals surface area (Å²) in [6, 6.07) is 18.0. The molecule has 0 aromatic heterocycles. The molecule has 2 aromatic carbocycles. The molecule has 0 unspecified atom stereocenters. The fourth-order valence-corrected chi connectivity index (χ4v) is 4.54. The maximum absolute atomic E-state index is 12.8. The first kappa shape index (κ1) is 21.4. The summed E-state index contributed by atoms with van der Waals surface area (Å²) in [6.07, 6.45) is 6.20. The molecule has 5 nitrogen and oxygen atoms in total. The van der Waals surface area contributed by atoms with Crippen LogP contribution in [0.15, 0.2) is 54.6 Å². The fraction of sp³-hybridized carbons (Fsp3) is 0.462. The maximum Gasteiger partial charge on any atom is 0.260 e. The standard InChI is InChI=1S/C26H32N2O3/c29-25(20-31-24-12-10-22(11-13-24)21-8-4-3-5-9-21)27-18-14-23(15-19-27)26(30)28-16-6-1-2-7-17-28/h3-5,8-13,23H,1-2,6-7,14-20H2. The SMILES string of the molecule is O=C(COc1ccc(-c2ccccc2)cc1)N1CCC(C(=O)N2CCCCCC2)CC1. The third kappa shape index (κ3) is 5.66. The van der Waals surface area contributed by atoms with Crippen LogP contribution < -0.4 is 4.74 Å². The first-order valence-electron chi connectivity index (χ1n) is 11.6. The zero-order chi connectivity index (χ0) is 21.5. The van der Waals surface area contributed by atoms with Gasteiger partial charge in [-0.15, -0.1) is 0 Å². The highest BCUT2D eigenvalue weighted by atomic mass is 16.5. The Morgan fingerprint density at radius 3 is 2.00 bits per heavy atom. The van der Waals surface area contributed by atoms with E-state index in [9.17, 15) is 9.59 Å². The Balaban J connectivity index is 1.22. The number of amides is 2. The topological polar surface area (TPSA) is 49.9 Å². The van der Waals surface area contributed by atoms with E-state index in [2.05, 4.69) is 17.0 Å². The Morgan fingerprint density at radius 1 is 0.742 bits per heavy atom. The molecular formula is C26H32N2O3. The Hall–Kier alpha value is -2.82. The Morgan fingerprint density at radius 2 is 1.35 bits per heavy atom. The van der Waals surface area contributed by atoms with Crippen molar-refractivity contribution in [3.8, 4) is 16.9 Å². The zero-order valence-corrected chi connectivity index (χ0v) is 18.2. The van der Waals surface area contributed by atoms with E-state index in [-0.39, 0.29) is 18.4 Å². The van der Waals surface area contributed by atoms with Crippen LogP contribution in [0.4, 0.5) is 0 Å². The van der Waals surface area contributed by atoms with Gasteiger partial charge in [0.25, 0.3) is 5.91 Å². The van der Waals surface area contributed by atoms with Crippen LogP contribution in [0.3, 0.4) is 0 Å². The normalized spacial score (nSPS) is 17.8.